The van der Waals surface area contributed by atoms with Gasteiger partial charge in [-0.1, -0.05) is 13.0 Å². The second-order valence-corrected chi connectivity index (χ2v) is 5.03. The van der Waals surface area contributed by atoms with Gasteiger partial charge in [0.05, 0.1) is 0 Å². The van der Waals surface area contributed by atoms with Crippen LogP contribution in [0.5, 0.6) is 5.75 Å². The molecule has 0 aliphatic heterocycles. The number of aldehydes is 1. The molecule has 94 valence electrons. The average Bonchev–Trinajstić information content (AvgIpc) is 2.89. The number of phenols is 1. The van der Waals surface area contributed by atoms with Crippen molar-refractivity contribution in [2.75, 3.05) is 0 Å². The smallest absolute Gasteiger partial charge is 0.120 e. The highest BCUT2D eigenvalue weighted by Gasteiger charge is 2.17. The third kappa shape index (κ3) is 2.62. The number of benzene rings is 1. The van der Waals surface area contributed by atoms with Crippen molar-refractivity contribution in [2.45, 2.75) is 25.7 Å². The topological polar surface area (TPSA) is 37.3 Å². The standard InChI is InChI=1S/C15H16O2S/c1-2-11-3-4-13(17)9-15(11)14(5-7-16)12-6-8-18-10-12/h3-4,6-10,14,17H,2,5H2,1H3/t14-/m0/s1. The zero-order valence-electron chi connectivity index (χ0n) is 10.3. The van der Waals surface area contributed by atoms with Gasteiger partial charge in [0.15, 0.2) is 0 Å². The number of phenolic OH excluding ortho intramolecular Hbond substituents is 1. The molecule has 0 fully saturated rings. The summed E-state index contributed by atoms with van der Waals surface area (Å²) in [5, 5.41) is 13.7. The van der Waals surface area contributed by atoms with Gasteiger partial charge in [-0.25, -0.2) is 0 Å². The normalized spacial score (nSPS) is 12.3. The van der Waals surface area contributed by atoms with Crippen LogP contribution in [0.4, 0.5) is 0 Å². The molecule has 0 aliphatic carbocycles. The van der Waals surface area contributed by atoms with E-state index in [2.05, 4.69) is 12.3 Å². The summed E-state index contributed by atoms with van der Waals surface area (Å²) in [7, 11) is 0. The Kier molecular flexibility index (Phi) is 4.15. The van der Waals surface area contributed by atoms with Crippen molar-refractivity contribution in [1.82, 2.24) is 0 Å². The van der Waals surface area contributed by atoms with Crippen LogP contribution in [0.2, 0.25) is 0 Å². The van der Waals surface area contributed by atoms with E-state index in [1.54, 1.807) is 23.5 Å². The summed E-state index contributed by atoms with van der Waals surface area (Å²) in [6, 6.07) is 7.47. The minimum Gasteiger partial charge on any atom is -0.508 e. The molecule has 2 aromatic rings. The van der Waals surface area contributed by atoms with Gasteiger partial charge in [-0.05, 0) is 52.1 Å². The van der Waals surface area contributed by atoms with E-state index >= 15 is 0 Å². The van der Waals surface area contributed by atoms with Gasteiger partial charge < -0.3 is 9.90 Å². The van der Waals surface area contributed by atoms with E-state index in [0.29, 0.717) is 6.42 Å². The first-order valence-corrected chi connectivity index (χ1v) is 6.98. The molecule has 0 saturated heterocycles. The van der Waals surface area contributed by atoms with Crippen molar-refractivity contribution in [3.63, 3.8) is 0 Å². The quantitative estimate of drug-likeness (QED) is 0.832. The largest absolute Gasteiger partial charge is 0.508 e. The minimum atomic E-state index is 0.0517. The lowest BCUT2D eigenvalue weighted by Crippen LogP contribution is -2.04. The van der Waals surface area contributed by atoms with Crippen LogP contribution in [0.25, 0.3) is 0 Å². The number of aromatic hydroxyl groups is 1. The van der Waals surface area contributed by atoms with Crippen LogP contribution in [-0.2, 0) is 11.2 Å². The lowest BCUT2D eigenvalue weighted by Gasteiger charge is -2.17. The fourth-order valence-electron chi connectivity index (χ4n) is 2.24. The molecule has 1 aromatic carbocycles. The first-order valence-electron chi connectivity index (χ1n) is 6.03. The Bertz CT molecular complexity index is 517. The molecule has 2 rings (SSSR count). The average molecular weight is 260 g/mol. The van der Waals surface area contributed by atoms with Crippen molar-refractivity contribution in [3.05, 3.63) is 51.7 Å². The molecular formula is C15H16O2S. The van der Waals surface area contributed by atoms with Gasteiger partial charge in [-0.3, -0.25) is 0 Å². The predicted molar refractivity (Wildman–Crippen MR) is 74.3 cm³/mol. The predicted octanol–water partition coefficient (Wildman–Crippen LogP) is 3.74. The molecule has 0 aliphatic rings. The molecule has 1 N–H and O–H groups in total. The van der Waals surface area contributed by atoms with Crippen LogP contribution in [0.1, 0.15) is 36.0 Å². The second-order valence-electron chi connectivity index (χ2n) is 4.25. The molecule has 0 bridgehead atoms. The van der Waals surface area contributed by atoms with E-state index in [1.165, 1.54) is 5.56 Å². The maximum atomic E-state index is 10.9. The van der Waals surface area contributed by atoms with E-state index in [0.717, 1.165) is 23.8 Å². The maximum absolute atomic E-state index is 10.9. The van der Waals surface area contributed by atoms with Crippen molar-refractivity contribution < 1.29 is 9.90 Å². The third-order valence-electron chi connectivity index (χ3n) is 3.16. The van der Waals surface area contributed by atoms with Crippen LogP contribution in [0, 0.1) is 0 Å². The van der Waals surface area contributed by atoms with Crippen LogP contribution in [0.3, 0.4) is 0 Å². The number of hydrogen-bond acceptors (Lipinski definition) is 3. The molecule has 1 atom stereocenters. The number of carbonyl (C=O) groups excluding carboxylic acids is 1. The zero-order chi connectivity index (χ0) is 13.0. The van der Waals surface area contributed by atoms with E-state index < -0.39 is 0 Å². The Morgan fingerprint density at radius 3 is 2.83 bits per heavy atom. The van der Waals surface area contributed by atoms with Crippen LogP contribution in [-0.4, -0.2) is 11.4 Å². The summed E-state index contributed by atoms with van der Waals surface area (Å²) in [5.74, 6) is 0.309. The first-order chi connectivity index (χ1) is 8.76. The lowest BCUT2D eigenvalue weighted by molar-refractivity contribution is -0.108. The molecule has 2 nitrogen and oxygen atoms in total. The molecule has 0 saturated carbocycles. The molecule has 0 unspecified atom stereocenters. The number of carbonyl (C=O) groups is 1. The van der Waals surface area contributed by atoms with Crippen molar-refractivity contribution >= 4 is 17.6 Å². The fourth-order valence-corrected chi connectivity index (χ4v) is 2.96. The SMILES string of the molecule is CCc1ccc(O)cc1[C@@H](CC=O)c1ccsc1. The van der Waals surface area contributed by atoms with E-state index in [1.807, 2.05) is 17.5 Å². The highest BCUT2D eigenvalue weighted by atomic mass is 32.1. The number of hydrogen-bond donors (Lipinski definition) is 1. The summed E-state index contributed by atoms with van der Waals surface area (Å²) in [6.45, 7) is 2.08. The van der Waals surface area contributed by atoms with Gasteiger partial charge in [0.2, 0.25) is 0 Å². The Labute approximate surface area is 111 Å². The van der Waals surface area contributed by atoms with Gasteiger partial charge >= 0.3 is 0 Å². The molecule has 0 spiro atoms. The van der Waals surface area contributed by atoms with Gasteiger partial charge in [-0.15, -0.1) is 0 Å². The molecular weight excluding hydrogens is 244 g/mol. The summed E-state index contributed by atoms with van der Waals surface area (Å²) < 4.78 is 0. The van der Waals surface area contributed by atoms with Gasteiger partial charge in [0.1, 0.15) is 12.0 Å². The van der Waals surface area contributed by atoms with Crippen LogP contribution in [0.15, 0.2) is 35.0 Å². The number of aryl methyl sites for hydroxylation is 1. The highest BCUT2D eigenvalue weighted by Crippen LogP contribution is 2.33. The molecule has 18 heavy (non-hydrogen) atoms. The van der Waals surface area contributed by atoms with Gasteiger partial charge in [-0.2, -0.15) is 11.3 Å². The Morgan fingerprint density at radius 2 is 2.22 bits per heavy atom. The summed E-state index contributed by atoms with van der Waals surface area (Å²) in [6.07, 6.45) is 2.30. The lowest BCUT2D eigenvalue weighted by atomic mass is 9.86. The van der Waals surface area contributed by atoms with Crippen molar-refractivity contribution in [3.8, 4) is 5.75 Å². The first kappa shape index (κ1) is 12.8. The number of rotatable bonds is 5. The van der Waals surface area contributed by atoms with Gasteiger partial charge in [0, 0.05) is 12.3 Å². The summed E-state index contributed by atoms with van der Waals surface area (Å²) in [5.41, 5.74) is 3.39. The van der Waals surface area contributed by atoms with Gasteiger partial charge in [0.25, 0.3) is 0 Å². The molecule has 3 heteroatoms. The van der Waals surface area contributed by atoms with Crippen molar-refractivity contribution in [1.29, 1.82) is 0 Å². The summed E-state index contributed by atoms with van der Waals surface area (Å²) in [4.78, 5) is 10.9. The molecule has 0 amide bonds. The van der Waals surface area contributed by atoms with Crippen molar-refractivity contribution in [2.24, 2.45) is 0 Å². The monoisotopic (exact) mass is 260 g/mol. The molecule has 0 radical (unpaired) electrons. The Morgan fingerprint density at radius 1 is 1.39 bits per heavy atom. The zero-order valence-corrected chi connectivity index (χ0v) is 11.1. The maximum Gasteiger partial charge on any atom is 0.120 e. The second kappa shape index (κ2) is 5.83. The van der Waals surface area contributed by atoms with E-state index in [4.69, 9.17) is 0 Å². The number of thiophene rings is 1. The summed E-state index contributed by atoms with van der Waals surface area (Å²) >= 11 is 1.63. The van der Waals surface area contributed by atoms with E-state index in [9.17, 15) is 9.90 Å². The fraction of sp³-hybridized carbons (Fsp3) is 0.267. The minimum absolute atomic E-state index is 0.0517. The molecule has 1 aromatic heterocycles. The Hall–Kier alpha value is -1.61. The molecule has 1 heterocycles. The Balaban J connectivity index is 2.48. The van der Waals surface area contributed by atoms with E-state index in [-0.39, 0.29) is 11.7 Å². The third-order valence-corrected chi connectivity index (χ3v) is 3.86. The van der Waals surface area contributed by atoms with Crippen LogP contribution < -0.4 is 0 Å². The highest BCUT2D eigenvalue weighted by molar-refractivity contribution is 7.08. The van der Waals surface area contributed by atoms with Crippen LogP contribution >= 0.6 is 11.3 Å².